The van der Waals surface area contributed by atoms with E-state index in [1.165, 1.54) is 11.1 Å². The number of piperazine rings is 1. The Morgan fingerprint density at radius 2 is 1.85 bits per heavy atom. The van der Waals surface area contributed by atoms with Gasteiger partial charge in [0.05, 0.1) is 6.54 Å². The molecule has 1 aliphatic rings. The minimum atomic E-state index is 0.0355. The minimum Gasteiger partial charge on any atom is -0.355 e. The first-order valence-corrected chi connectivity index (χ1v) is 9.36. The monoisotopic (exact) mass is 356 g/mol. The van der Waals surface area contributed by atoms with Crippen molar-refractivity contribution in [2.75, 3.05) is 39.3 Å². The Morgan fingerprint density at radius 3 is 2.54 bits per heavy atom. The fourth-order valence-corrected chi connectivity index (χ4v) is 3.52. The summed E-state index contributed by atoms with van der Waals surface area (Å²) in [5.74, 6) is 0.0985. The van der Waals surface area contributed by atoms with E-state index in [1.807, 2.05) is 17.9 Å². The number of nitrogens with one attached hydrogen (secondary N) is 2. The Labute approximate surface area is 154 Å². The van der Waals surface area contributed by atoms with Crippen LogP contribution < -0.4 is 5.32 Å². The molecule has 2 aromatic rings. The van der Waals surface area contributed by atoms with E-state index in [1.54, 1.807) is 0 Å². The Bertz CT molecular complexity index is 803. The van der Waals surface area contributed by atoms with E-state index < -0.39 is 0 Å². The van der Waals surface area contributed by atoms with Gasteiger partial charge in [-0.05, 0) is 43.5 Å². The molecule has 0 bridgehead atoms. The zero-order valence-corrected chi connectivity index (χ0v) is 15.9. The summed E-state index contributed by atoms with van der Waals surface area (Å²) in [6.07, 6.45) is 0.942. The Kier molecular flexibility index (Phi) is 5.61. The summed E-state index contributed by atoms with van der Waals surface area (Å²) in [5.41, 5.74) is 4.02. The van der Waals surface area contributed by atoms with Gasteiger partial charge < -0.3 is 15.2 Å². The van der Waals surface area contributed by atoms with Crippen LogP contribution in [0.25, 0.3) is 10.9 Å². The summed E-state index contributed by atoms with van der Waals surface area (Å²) in [4.78, 5) is 31.9. The molecule has 140 valence electrons. The molecule has 2 N–H and O–H groups in total. The Hall–Kier alpha value is -2.34. The molecule has 0 spiro atoms. The number of hydrogen-bond donors (Lipinski definition) is 2. The van der Waals surface area contributed by atoms with Gasteiger partial charge in [0.2, 0.25) is 5.91 Å². The third-order valence-electron chi connectivity index (χ3n) is 4.92. The second kappa shape index (κ2) is 7.91. The third kappa shape index (κ3) is 4.07. The van der Waals surface area contributed by atoms with Crippen molar-refractivity contribution in [1.82, 2.24) is 20.1 Å². The van der Waals surface area contributed by atoms with Crippen molar-refractivity contribution in [1.29, 1.82) is 0 Å². The fourth-order valence-electron chi connectivity index (χ4n) is 3.52. The van der Waals surface area contributed by atoms with E-state index in [2.05, 4.69) is 41.2 Å². The first-order chi connectivity index (χ1) is 12.5. The Morgan fingerprint density at radius 1 is 1.12 bits per heavy atom. The van der Waals surface area contributed by atoms with Crippen molar-refractivity contribution >= 4 is 22.7 Å². The standard InChI is InChI=1S/C20H28N4O2/c1-4-5-21-19(25)13-23-6-8-24(9-7-23)20(26)18-12-16-15(3)10-14(2)11-17(16)22-18/h10-12,22H,4-9,13H2,1-3H3,(H,21,25). The first kappa shape index (κ1) is 18.5. The number of rotatable bonds is 5. The molecule has 1 aromatic heterocycles. The molecule has 1 aromatic carbocycles. The quantitative estimate of drug-likeness (QED) is 0.862. The normalized spacial score (nSPS) is 15.4. The van der Waals surface area contributed by atoms with Gasteiger partial charge in [0.15, 0.2) is 0 Å². The van der Waals surface area contributed by atoms with Crippen molar-refractivity contribution < 1.29 is 9.59 Å². The first-order valence-electron chi connectivity index (χ1n) is 9.36. The number of aromatic nitrogens is 1. The maximum Gasteiger partial charge on any atom is 0.270 e. The molecule has 0 radical (unpaired) electrons. The third-order valence-corrected chi connectivity index (χ3v) is 4.92. The predicted molar refractivity (Wildman–Crippen MR) is 103 cm³/mol. The predicted octanol–water partition coefficient (Wildman–Crippen LogP) is 2.07. The number of benzene rings is 1. The van der Waals surface area contributed by atoms with E-state index in [9.17, 15) is 9.59 Å². The van der Waals surface area contributed by atoms with Crippen molar-refractivity contribution in [2.45, 2.75) is 27.2 Å². The van der Waals surface area contributed by atoms with E-state index in [0.29, 0.717) is 25.3 Å². The Balaban J connectivity index is 1.60. The van der Waals surface area contributed by atoms with Gasteiger partial charge in [0, 0.05) is 43.6 Å². The molecule has 1 aliphatic heterocycles. The summed E-state index contributed by atoms with van der Waals surface area (Å²) in [5, 5.41) is 4.00. The zero-order valence-electron chi connectivity index (χ0n) is 15.9. The molecule has 1 fully saturated rings. The lowest BCUT2D eigenvalue weighted by Crippen LogP contribution is -2.51. The topological polar surface area (TPSA) is 68.4 Å². The maximum absolute atomic E-state index is 12.8. The number of aryl methyl sites for hydroxylation is 2. The minimum absolute atomic E-state index is 0.0355. The smallest absolute Gasteiger partial charge is 0.270 e. The van der Waals surface area contributed by atoms with E-state index >= 15 is 0 Å². The van der Waals surface area contributed by atoms with E-state index in [-0.39, 0.29) is 11.8 Å². The van der Waals surface area contributed by atoms with Crippen LogP contribution in [0.1, 0.15) is 35.0 Å². The van der Waals surface area contributed by atoms with Crippen LogP contribution >= 0.6 is 0 Å². The summed E-state index contributed by atoms with van der Waals surface area (Å²) in [6, 6.07) is 6.16. The van der Waals surface area contributed by atoms with Crippen LogP contribution in [0.5, 0.6) is 0 Å². The fraction of sp³-hybridized carbons (Fsp3) is 0.500. The molecule has 3 rings (SSSR count). The van der Waals surface area contributed by atoms with Gasteiger partial charge in [-0.15, -0.1) is 0 Å². The maximum atomic E-state index is 12.8. The average Bonchev–Trinajstić information content (AvgIpc) is 3.04. The van der Waals surface area contributed by atoms with Crippen LogP contribution in [0.2, 0.25) is 0 Å². The van der Waals surface area contributed by atoms with Gasteiger partial charge in [0.25, 0.3) is 5.91 Å². The average molecular weight is 356 g/mol. The summed E-state index contributed by atoms with van der Waals surface area (Å²) >= 11 is 0. The van der Waals surface area contributed by atoms with E-state index in [4.69, 9.17) is 0 Å². The number of nitrogens with zero attached hydrogens (tertiary/aromatic N) is 2. The van der Waals surface area contributed by atoms with Gasteiger partial charge in [-0.25, -0.2) is 0 Å². The lowest BCUT2D eigenvalue weighted by atomic mass is 10.1. The SMILES string of the molecule is CCCNC(=O)CN1CCN(C(=O)c2cc3c(C)cc(C)cc3[nH]2)CC1. The van der Waals surface area contributed by atoms with Crippen LogP contribution in [0.3, 0.4) is 0 Å². The zero-order chi connectivity index (χ0) is 18.7. The molecular formula is C20H28N4O2. The summed E-state index contributed by atoms with van der Waals surface area (Å²) < 4.78 is 0. The lowest BCUT2D eigenvalue weighted by Gasteiger charge is -2.34. The van der Waals surface area contributed by atoms with Gasteiger partial charge in [0.1, 0.15) is 5.69 Å². The highest BCUT2D eigenvalue weighted by Crippen LogP contribution is 2.22. The number of hydrogen-bond acceptors (Lipinski definition) is 3. The van der Waals surface area contributed by atoms with Gasteiger partial charge in [-0.3, -0.25) is 14.5 Å². The highest BCUT2D eigenvalue weighted by Gasteiger charge is 2.24. The van der Waals surface area contributed by atoms with Crippen molar-refractivity contribution in [3.05, 3.63) is 35.0 Å². The van der Waals surface area contributed by atoms with Crippen molar-refractivity contribution in [3.8, 4) is 0 Å². The molecule has 2 heterocycles. The number of carbonyl (C=O) groups is 2. The number of aromatic amines is 1. The molecule has 0 atom stereocenters. The molecular weight excluding hydrogens is 328 g/mol. The lowest BCUT2D eigenvalue weighted by molar-refractivity contribution is -0.122. The molecule has 6 nitrogen and oxygen atoms in total. The highest BCUT2D eigenvalue weighted by atomic mass is 16.2. The molecule has 1 saturated heterocycles. The number of amides is 2. The van der Waals surface area contributed by atoms with Crippen LogP contribution in [0.15, 0.2) is 18.2 Å². The van der Waals surface area contributed by atoms with Gasteiger partial charge in [-0.2, -0.15) is 0 Å². The molecule has 2 amide bonds. The van der Waals surface area contributed by atoms with Crippen molar-refractivity contribution in [3.63, 3.8) is 0 Å². The van der Waals surface area contributed by atoms with Gasteiger partial charge >= 0.3 is 0 Å². The largest absolute Gasteiger partial charge is 0.355 e. The van der Waals surface area contributed by atoms with Crippen LogP contribution in [-0.2, 0) is 4.79 Å². The highest BCUT2D eigenvalue weighted by molar-refractivity contribution is 5.99. The molecule has 0 saturated carbocycles. The van der Waals surface area contributed by atoms with Gasteiger partial charge in [-0.1, -0.05) is 13.0 Å². The molecule has 0 unspecified atom stereocenters. The summed E-state index contributed by atoms with van der Waals surface area (Å²) in [7, 11) is 0. The molecule has 6 heteroatoms. The van der Waals surface area contributed by atoms with E-state index in [0.717, 1.165) is 37.0 Å². The molecule has 26 heavy (non-hydrogen) atoms. The second-order valence-electron chi connectivity index (χ2n) is 7.14. The second-order valence-corrected chi connectivity index (χ2v) is 7.14. The van der Waals surface area contributed by atoms with Crippen LogP contribution in [0.4, 0.5) is 0 Å². The van der Waals surface area contributed by atoms with Crippen LogP contribution in [0, 0.1) is 13.8 Å². The summed E-state index contributed by atoms with van der Waals surface area (Å²) in [6.45, 7) is 10.0. The number of H-pyrrole nitrogens is 1. The number of carbonyl (C=O) groups excluding carboxylic acids is 2. The van der Waals surface area contributed by atoms with Crippen LogP contribution in [-0.4, -0.2) is 65.9 Å². The van der Waals surface area contributed by atoms with Crippen molar-refractivity contribution in [2.24, 2.45) is 0 Å². The number of fused-ring (bicyclic) bond motifs is 1. The molecule has 0 aliphatic carbocycles.